The minimum Gasteiger partial charge on any atom is -0.497 e. The van der Waals surface area contributed by atoms with Gasteiger partial charge in [-0.2, -0.15) is 12.7 Å². The van der Waals surface area contributed by atoms with Gasteiger partial charge >= 0.3 is 10.2 Å². The van der Waals surface area contributed by atoms with Gasteiger partial charge in [0.05, 0.1) is 12.8 Å². The van der Waals surface area contributed by atoms with E-state index in [1.165, 1.54) is 19.0 Å². The molecule has 1 atom stereocenters. The number of methoxy groups -OCH3 is 1. The van der Waals surface area contributed by atoms with E-state index in [9.17, 15) is 18.0 Å². The maximum Gasteiger partial charge on any atom is 0.304 e. The number of nitrogens with one attached hydrogen (secondary N) is 1. The number of hydrogen-bond acceptors (Lipinski definition) is 5. The molecule has 0 aromatic heterocycles. The molecule has 2 aromatic carbocycles. The third-order valence-corrected chi connectivity index (χ3v) is 6.91. The molecule has 2 aromatic rings. The Morgan fingerprint density at radius 2 is 1.64 bits per heavy atom. The van der Waals surface area contributed by atoms with Gasteiger partial charge in [0, 0.05) is 27.2 Å². The summed E-state index contributed by atoms with van der Waals surface area (Å²) in [6, 6.07) is 14.7. The Labute approximate surface area is 196 Å². The smallest absolute Gasteiger partial charge is 0.304 e. The van der Waals surface area contributed by atoms with Crippen molar-refractivity contribution in [2.24, 2.45) is 0 Å². The molecular formula is C23H32N4O5S. The minimum absolute atomic E-state index is 0.131. The van der Waals surface area contributed by atoms with Crippen LogP contribution in [0, 0.1) is 0 Å². The third kappa shape index (κ3) is 6.69. The molecule has 0 heterocycles. The molecule has 0 fully saturated rings. The number of amides is 2. The summed E-state index contributed by atoms with van der Waals surface area (Å²) in [7, 11) is 0.414. The van der Waals surface area contributed by atoms with E-state index in [1.807, 2.05) is 0 Å². The molecule has 0 saturated carbocycles. The van der Waals surface area contributed by atoms with Crippen molar-refractivity contribution in [3.8, 4) is 5.75 Å². The molecule has 9 nitrogen and oxygen atoms in total. The fourth-order valence-corrected chi connectivity index (χ4v) is 4.20. The molecule has 0 saturated heterocycles. The summed E-state index contributed by atoms with van der Waals surface area (Å²) in [4.78, 5) is 27.4. The maximum absolute atomic E-state index is 13.5. The number of carbonyl (C=O) groups is 2. The van der Waals surface area contributed by atoms with Crippen molar-refractivity contribution >= 4 is 27.7 Å². The van der Waals surface area contributed by atoms with Crippen LogP contribution in [0.3, 0.4) is 0 Å². The second-order valence-electron chi connectivity index (χ2n) is 7.57. The van der Waals surface area contributed by atoms with Gasteiger partial charge in [-0.15, -0.1) is 0 Å². The first-order valence-corrected chi connectivity index (χ1v) is 12.0. The number of anilines is 1. The molecule has 33 heavy (non-hydrogen) atoms. The Kier molecular flexibility index (Phi) is 9.24. The quantitative estimate of drug-likeness (QED) is 0.534. The second kappa shape index (κ2) is 11.7. The van der Waals surface area contributed by atoms with Gasteiger partial charge in [0.2, 0.25) is 11.8 Å². The standard InChI is InChI=1S/C23H32N4O5S/c1-6-24-23(29)18(2)26(16-19-12-14-21(32-5)15-13-19)22(28)17-27(33(30,31)25(3)4)20-10-8-7-9-11-20/h7-15,18H,6,16-17H2,1-5H3,(H,24,29). The van der Waals surface area contributed by atoms with Gasteiger partial charge in [0.15, 0.2) is 0 Å². The SMILES string of the molecule is CCNC(=O)C(C)N(Cc1ccc(OC)cc1)C(=O)CN(c1ccccc1)S(=O)(=O)N(C)C. The van der Waals surface area contributed by atoms with E-state index in [0.717, 1.165) is 14.2 Å². The zero-order valence-electron chi connectivity index (χ0n) is 19.7. The van der Waals surface area contributed by atoms with Crippen molar-refractivity contribution < 1.29 is 22.7 Å². The van der Waals surface area contributed by atoms with Gasteiger partial charge < -0.3 is 15.0 Å². The largest absolute Gasteiger partial charge is 0.497 e. The molecule has 2 rings (SSSR count). The minimum atomic E-state index is -3.96. The number of nitrogens with zero attached hydrogens (tertiary/aromatic N) is 3. The number of para-hydroxylation sites is 1. The van der Waals surface area contributed by atoms with Crippen molar-refractivity contribution in [3.63, 3.8) is 0 Å². The zero-order valence-corrected chi connectivity index (χ0v) is 20.5. The van der Waals surface area contributed by atoms with Crippen molar-refractivity contribution in [2.75, 3.05) is 38.6 Å². The lowest BCUT2D eigenvalue weighted by atomic mass is 10.1. The lowest BCUT2D eigenvalue weighted by Gasteiger charge is -2.32. The molecular weight excluding hydrogens is 444 g/mol. The third-order valence-electron chi connectivity index (χ3n) is 5.09. The predicted molar refractivity (Wildman–Crippen MR) is 128 cm³/mol. The van der Waals surface area contributed by atoms with E-state index in [4.69, 9.17) is 4.74 Å². The van der Waals surface area contributed by atoms with Gasteiger partial charge in [-0.25, -0.2) is 4.31 Å². The maximum atomic E-state index is 13.5. The molecule has 0 aliphatic heterocycles. The van der Waals surface area contributed by atoms with E-state index in [0.29, 0.717) is 18.0 Å². The molecule has 1 unspecified atom stereocenters. The highest BCUT2D eigenvalue weighted by atomic mass is 32.2. The van der Waals surface area contributed by atoms with Crippen molar-refractivity contribution in [3.05, 3.63) is 60.2 Å². The molecule has 180 valence electrons. The molecule has 0 bridgehead atoms. The van der Waals surface area contributed by atoms with Gasteiger partial charge in [0.1, 0.15) is 18.3 Å². The Bertz CT molecular complexity index is 1030. The molecule has 0 aliphatic rings. The topological polar surface area (TPSA) is 99.3 Å². The zero-order chi connectivity index (χ0) is 24.6. The molecule has 0 radical (unpaired) electrons. The summed E-state index contributed by atoms with van der Waals surface area (Å²) < 4.78 is 33.3. The molecule has 0 aliphatic carbocycles. The average Bonchev–Trinajstić information content (AvgIpc) is 2.81. The number of likely N-dealkylation sites (N-methyl/N-ethyl adjacent to an activating group) is 1. The van der Waals surface area contributed by atoms with Gasteiger partial charge in [-0.3, -0.25) is 9.59 Å². The molecule has 2 amide bonds. The fraction of sp³-hybridized carbons (Fsp3) is 0.391. The molecule has 0 spiro atoms. The number of benzene rings is 2. The highest BCUT2D eigenvalue weighted by Gasteiger charge is 2.32. The van der Waals surface area contributed by atoms with Crippen LogP contribution in [0.15, 0.2) is 54.6 Å². The highest BCUT2D eigenvalue weighted by molar-refractivity contribution is 7.90. The van der Waals surface area contributed by atoms with Crippen LogP contribution in [0.1, 0.15) is 19.4 Å². The Morgan fingerprint density at radius 1 is 1.03 bits per heavy atom. The first-order chi connectivity index (χ1) is 15.6. The van der Waals surface area contributed by atoms with Crippen LogP contribution < -0.4 is 14.4 Å². The van der Waals surface area contributed by atoms with Crippen LogP contribution in [0.4, 0.5) is 5.69 Å². The summed E-state index contributed by atoms with van der Waals surface area (Å²) in [5.74, 6) is -0.152. The van der Waals surface area contributed by atoms with E-state index in [-0.39, 0.29) is 12.5 Å². The first kappa shape index (κ1) is 26.1. The van der Waals surface area contributed by atoms with Crippen molar-refractivity contribution in [1.29, 1.82) is 0 Å². The number of carbonyl (C=O) groups excluding carboxylic acids is 2. The van der Waals surface area contributed by atoms with Gasteiger partial charge in [0.25, 0.3) is 0 Å². The van der Waals surface area contributed by atoms with Crippen LogP contribution in [0.25, 0.3) is 0 Å². The number of rotatable bonds is 11. The second-order valence-corrected chi connectivity index (χ2v) is 9.64. The van der Waals surface area contributed by atoms with Crippen LogP contribution in [0.5, 0.6) is 5.75 Å². The summed E-state index contributed by atoms with van der Waals surface area (Å²) in [5.41, 5.74) is 1.14. The van der Waals surface area contributed by atoms with E-state index >= 15 is 0 Å². The van der Waals surface area contributed by atoms with Crippen LogP contribution in [0.2, 0.25) is 0 Å². The fourth-order valence-electron chi connectivity index (χ4n) is 3.14. The average molecular weight is 477 g/mol. The van der Waals surface area contributed by atoms with Crippen molar-refractivity contribution in [2.45, 2.75) is 26.4 Å². The van der Waals surface area contributed by atoms with Gasteiger partial charge in [-0.1, -0.05) is 30.3 Å². The number of hydrogen-bond donors (Lipinski definition) is 1. The molecule has 10 heteroatoms. The van der Waals surface area contributed by atoms with E-state index in [2.05, 4.69) is 5.32 Å². The van der Waals surface area contributed by atoms with Gasteiger partial charge in [-0.05, 0) is 43.7 Å². The lowest BCUT2D eigenvalue weighted by molar-refractivity contribution is -0.139. The van der Waals surface area contributed by atoms with E-state index < -0.39 is 28.7 Å². The highest BCUT2D eigenvalue weighted by Crippen LogP contribution is 2.21. The lowest BCUT2D eigenvalue weighted by Crippen LogP contribution is -2.52. The summed E-state index contributed by atoms with van der Waals surface area (Å²) in [6.07, 6.45) is 0. The van der Waals surface area contributed by atoms with E-state index in [1.54, 1.807) is 75.6 Å². The summed E-state index contributed by atoms with van der Waals surface area (Å²) in [5, 5.41) is 2.73. The monoisotopic (exact) mass is 476 g/mol. The summed E-state index contributed by atoms with van der Waals surface area (Å²) >= 11 is 0. The van der Waals surface area contributed by atoms with Crippen LogP contribution >= 0.6 is 0 Å². The number of ether oxygens (including phenoxy) is 1. The summed E-state index contributed by atoms with van der Waals surface area (Å²) in [6.45, 7) is 3.51. The Morgan fingerprint density at radius 3 is 2.15 bits per heavy atom. The normalized spacial score (nSPS) is 12.2. The van der Waals surface area contributed by atoms with Crippen LogP contribution in [-0.4, -0.2) is 69.8 Å². The first-order valence-electron chi connectivity index (χ1n) is 10.6. The van der Waals surface area contributed by atoms with Crippen LogP contribution in [-0.2, 0) is 26.3 Å². The molecule has 1 N–H and O–H groups in total. The Balaban J connectivity index is 2.40. The van der Waals surface area contributed by atoms with Crippen molar-refractivity contribution in [1.82, 2.24) is 14.5 Å². The predicted octanol–water partition coefficient (Wildman–Crippen LogP) is 1.86. The Hall–Kier alpha value is -3.11.